The summed E-state index contributed by atoms with van der Waals surface area (Å²) in [6.07, 6.45) is 4.80. The Bertz CT molecular complexity index is 300. The monoisotopic (exact) mass is 256 g/mol. The Balaban J connectivity index is 2.71. The van der Waals surface area contributed by atoms with Crippen LogP contribution in [0.1, 0.15) is 59.3 Å². The first-order valence-corrected chi connectivity index (χ1v) is 6.81. The van der Waals surface area contributed by atoms with E-state index in [0.29, 0.717) is 12.8 Å². The molecule has 1 heterocycles. The summed E-state index contributed by atoms with van der Waals surface area (Å²) in [5.74, 6) is -0.217. The second kappa shape index (κ2) is 6.88. The predicted molar refractivity (Wildman–Crippen MR) is 68.3 cm³/mol. The Morgan fingerprint density at radius 3 is 2.83 bits per heavy atom. The summed E-state index contributed by atoms with van der Waals surface area (Å²) in [6.45, 7) is 5.64. The number of carbonyl (C=O) groups is 2. The van der Waals surface area contributed by atoms with Crippen molar-refractivity contribution in [3.8, 4) is 0 Å². The minimum Gasteiger partial charge on any atom is -0.459 e. The lowest BCUT2D eigenvalue weighted by molar-refractivity contribution is -0.168. The summed E-state index contributed by atoms with van der Waals surface area (Å²) in [5.41, 5.74) is -0.521. The highest BCUT2D eigenvalue weighted by Gasteiger charge is 2.39. The fraction of sp³-hybridized carbons (Fsp3) is 0.857. The highest BCUT2D eigenvalue weighted by molar-refractivity contribution is 5.80. The van der Waals surface area contributed by atoms with Crippen LogP contribution in [0.2, 0.25) is 0 Å². The molecule has 1 fully saturated rings. The maximum absolute atomic E-state index is 11.5. The molecule has 0 saturated carbocycles. The van der Waals surface area contributed by atoms with E-state index >= 15 is 0 Å². The zero-order chi connectivity index (χ0) is 13.6. The molecule has 4 nitrogen and oxygen atoms in total. The van der Waals surface area contributed by atoms with Crippen LogP contribution in [0.15, 0.2) is 0 Å². The lowest BCUT2D eigenvalue weighted by atomic mass is 9.89. The van der Waals surface area contributed by atoms with Gasteiger partial charge in [0.1, 0.15) is 18.3 Å². The van der Waals surface area contributed by atoms with Crippen molar-refractivity contribution in [1.82, 2.24) is 0 Å². The lowest BCUT2D eigenvalue weighted by Crippen LogP contribution is -2.43. The van der Waals surface area contributed by atoms with Crippen molar-refractivity contribution in [3.63, 3.8) is 0 Å². The molecule has 0 N–H and O–H groups in total. The number of ketones is 1. The van der Waals surface area contributed by atoms with E-state index in [1.165, 1.54) is 6.92 Å². The van der Waals surface area contributed by atoms with E-state index in [0.717, 1.165) is 25.7 Å². The molecule has 1 aliphatic rings. The molecule has 0 amide bonds. The van der Waals surface area contributed by atoms with Crippen LogP contribution in [0.25, 0.3) is 0 Å². The van der Waals surface area contributed by atoms with E-state index in [2.05, 4.69) is 6.92 Å². The molecule has 2 atom stereocenters. The van der Waals surface area contributed by atoms with Gasteiger partial charge in [0.15, 0.2) is 5.78 Å². The average Bonchev–Trinajstić information content (AvgIpc) is 2.43. The lowest BCUT2D eigenvalue weighted by Gasteiger charge is -2.35. The second-order valence-electron chi connectivity index (χ2n) is 5.23. The maximum atomic E-state index is 11.5. The third-order valence-electron chi connectivity index (χ3n) is 3.51. The highest BCUT2D eigenvalue weighted by Crippen LogP contribution is 2.31. The number of hydrogen-bond acceptors (Lipinski definition) is 4. The van der Waals surface area contributed by atoms with Gasteiger partial charge in [-0.3, -0.25) is 9.59 Å². The Morgan fingerprint density at radius 1 is 1.50 bits per heavy atom. The van der Waals surface area contributed by atoms with Gasteiger partial charge in [0, 0.05) is 13.3 Å². The number of ether oxygens (including phenoxy) is 2. The molecule has 0 aromatic carbocycles. The van der Waals surface area contributed by atoms with Gasteiger partial charge in [-0.1, -0.05) is 26.2 Å². The molecule has 0 radical (unpaired) electrons. The van der Waals surface area contributed by atoms with Gasteiger partial charge >= 0.3 is 5.97 Å². The predicted octanol–water partition coefficient (Wildman–Crippen LogP) is 2.64. The Hall–Kier alpha value is -0.900. The quantitative estimate of drug-likeness (QED) is 0.560. The molecule has 4 heteroatoms. The van der Waals surface area contributed by atoms with E-state index in [1.54, 1.807) is 0 Å². The third-order valence-corrected chi connectivity index (χ3v) is 3.51. The minimum absolute atomic E-state index is 0.0892. The van der Waals surface area contributed by atoms with E-state index in [9.17, 15) is 9.59 Å². The average molecular weight is 256 g/mol. The SMILES string of the molecule is CCCCCC1(C)OCC(=O)CCC1OC(C)=O. The van der Waals surface area contributed by atoms with Crippen molar-refractivity contribution < 1.29 is 19.1 Å². The van der Waals surface area contributed by atoms with Crippen molar-refractivity contribution in [2.45, 2.75) is 71.0 Å². The van der Waals surface area contributed by atoms with Crippen LogP contribution in [0.5, 0.6) is 0 Å². The number of rotatable bonds is 5. The zero-order valence-corrected chi connectivity index (χ0v) is 11.7. The topological polar surface area (TPSA) is 52.6 Å². The highest BCUT2D eigenvalue weighted by atomic mass is 16.6. The molecule has 18 heavy (non-hydrogen) atoms. The van der Waals surface area contributed by atoms with Crippen LogP contribution in [-0.4, -0.2) is 30.1 Å². The molecule has 2 unspecified atom stereocenters. The Labute approximate surface area is 109 Å². The van der Waals surface area contributed by atoms with Crippen LogP contribution in [0.4, 0.5) is 0 Å². The van der Waals surface area contributed by atoms with Crippen LogP contribution in [-0.2, 0) is 19.1 Å². The fourth-order valence-electron chi connectivity index (χ4n) is 2.35. The molecule has 1 saturated heterocycles. The number of esters is 1. The van der Waals surface area contributed by atoms with Crippen molar-refractivity contribution in [2.75, 3.05) is 6.61 Å². The molecule has 0 bridgehead atoms. The summed E-state index contributed by atoms with van der Waals surface area (Å²) >= 11 is 0. The van der Waals surface area contributed by atoms with Crippen LogP contribution < -0.4 is 0 Å². The largest absolute Gasteiger partial charge is 0.459 e. The normalized spacial score (nSPS) is 28.8. The van der Waals surface area contributed by atoms with Gasteiger partial charge in [-0.05, 0) is 19.8 Å². The third kappa shape index (κ3) is 4.41. The maximum Gasteiger partial charge on any atom is 0.303 e. The van der Waals surface area contributed by atoms with Crippen molar-refractivity contribution in [1.29, 1.82) is 0 Å². The number of hydrogen-bond donors (Lipinski definition) is 0. The summed E-state index contributed by atoms with van der Waals surface area (Å²) in [5, 5.41) is 0. The van der Waals surface area contributed by atoms with Gasteiger partial charge in [-0.2, -0.15) is 0 Å². The number of Topliss-reactive ketones (excluding diaryl/α,β-unsaturated/α-hetero) is 1. The van der Waals surface area contributed by atoms with Crippen molar-refractivity contribution in [2.24, 2.45) is 0 Å². The number of unbranched alkanes of at least 4 members (excludes halogenated alkanes) is 2. The molecule has 1 aliphatic heterocycles. The van der Waals surface area contributed by atoms with Gasteiger partial charge in [-0.15, -0.1) is 0 Å². The van der Waals surface area contributed by atoms with E-state index in [1.807, 2.05) is 6.92 Å². The van der Waals surface area contributed by atoms with Gasteiger partial charge < -0.3 is 9.47 Å². The summed E-state index contributed by atoms with van der Waals surface area (Å²) in [7, 11) is 0. The molecule has 0 aromatic heterocycles. The standard InChI is InChI=1S/C14H24O4/c1-4-5-6-9-14(3)13(18-11(2)15)8-7-12(16)10-17-14/h13H,4-10H2,1-3H3. The van der Waals surface area contributed by atoms with Gasteiger partial charge in [0.05, 0.1) is 0 Å². The molecule has 104 valence electrons. The van der Waals surface area contributed by atoms with Crippen LogP contribution in [0.3, 0.4) is 0 Å². The molecular formula is C14H24O4. The first kappa shape index (κ1) is 15.2. The van der Waals surface area contributed by atoms with Gasteiger partial charge in [-0.25, -0.2) is 0 Å². The van der Waals surface area contributed by atoms with Gasteiger partial charge in [0.2, 0.25) is 0 Å². The molecule has 0 spiro atoms. The first-order chi connectivity index (χ1) is 8.48. The summed E-state index contributed by atoms with van der Waals surface area (Å²) in [4.78, 5) is 22.6. The smallest absolute Gasteiger partial charge is 0.303 e. The Kier molecular flexibility index (Phi) is 5.79. The molecule has 1 rings (SSSR count). The van der Waals surface area contributed by atoms with Gasteiger partial charge in [0.25, 0.3) is 0 Å². The van der Waals surface area contributed by atoms with Crippen LogP contribution >= 0.6 is 0 Å². The summed E-state index contributed by atoms with van der Waals surface area (Å²) in [6, 6.07) is 0. The number of carbonyl (C=O) groups excluding carboxylic acids is 2. The van der Waals surface area contributed by atoms with E-state index in [-0.39, 0.29) is 24.5 Å². The second-order valence-corrected chi connectivity index (χ2v) is 5.23. The minimum atomic E-state index is -0.521. The van der Waals surface area contributed by atoms with Crippen molar-refractivity contribution in [3.05, 3.63) is 0 Å². The molecule has 0 aromatic rings. The fourth-order valence-corrected chi connectivity index (χ4v) is 2.35. The van der Waals surface area contributed by atoms with E-state index in [4.69, 9.17) is 9.47 Å². The zero-order valence-electron chi connectivity index (χ0n) is 11.7. The van der Waals surface area contributed by atoms with E-state index < -0.39 is 5.60 Å². The summed E-state index contributed by atoms with van der Waals surface area (Å²) < 4.78 is 11.1. The Morgan fingerprint density at radius 2 is 2.22 bits per heavy atom. The first-order valence-electron chi connectivity index (χ1n) is 6.81. The van der Waals surface area contributed by atoms with Crippen molar-refractivity contribution >= 4 is 11.8 Å². The van der Waals surface area contributed by atoms with Crippen LogP contribution in [0, 0.1) is 0 Å². The molecule has 0 aliphatic carbocycles. The molecular weight excluding hydrogens is 232 g/mol.